The lowest BCUT2D eigenvalue weighted by Crippen LogP contribution is -2.62. The van der Waals surface area contributed by atoms with E-state index in [4.69, 9.17) is 5.73 Å². The fourth-order valence-electron chi connectivity index (χ4n) is 1.23. The Morgan fingerprint density at radius 1 is 1.50 bits per heavy atom. The Kier molecular flexibility index (Phi) is 2.02. The van der Waals surface area contributed by atoms with Gasteiger partial charge in [0.25, 0.3) is 0 Å². The van der Waals surface area contributed by atoms with Crippen molar-refractivity contribution in [1.82, 2.24) is 4.90 Å². The van der Waals surface area contributed by atoms with Crippen LogP contribution in [0.3, 0.4) is 0 Å². The molecule has 1 saturated heterocycles. The third-order valence-electron chi connectivity index (χ3n) is 2.63. The van der Waals surface area contributed by atoms with Crippen molar-refractivity contribution in [2.75, 3.05) is 13.1 Å². The predicted octanol–water partition coefficient (Wildman–Crippen LogP) is 0.818. The summed E-state index contributed by atoms with van der Waals surface area (Å²) in [6.07, 6.45) is 1.21. The second-order valence-electron chi connectivity index (χ2n) is 3.83. The van der Waals surface area contributed by atoms with Crippen molar-refractivity contribution in [3.8, 4) is 0 Å². The van der Waals surface area contributed by atoms with E-state index in [-0.39, 0.29) is 0 Å². The van der Waals surface area contributed by atoms with Gasteiger partial charge in [0, 0.05) is 24.7 Å². The third kappa shape index (κ3) is 1.32. The fourth-order valence-corrected chi connectivity index (χ4v) is 1.23. The standard InChI is InChI=1S/C8H18N2/c1-4-8(2,3)10-5-7(9)6-10/h7H,4-6,9H2,1-3H3. The number of hydrogen-bond acceptors (Lipinski definition) is 2. The first-order chi connectivity index (χ1) is 4.56. The molecule has 0 bridgehead atoms. The van der Waals surface area contributed by atoms with Crippen LogP contribution in [0.2, 0.25) is 0 Å². The molecule has 1 rings (SSSR count). The van der Waals surface area contributed by atoms with Crippen LogP contribution in [-0.2, 0) is 0 Å². The first kappa shape index (κ1) is 8.02. The number of nitrogens with zero attached hydrogens (tertiary/aromatic N) is 1. The van der Waals surface area contributed by atoms with Crippen molar-refractivity contribution in [3.05, 3.63) is 0 Å². The number of hydrogen-bond donors (Lipinski definition) is 1. The van der Waals surface area contributed by atoms with E-state index in [9.17, 15) is 0 Å². The summed E-state index contributed by atoms with van der Waals surface area (Å²) in [6, 6.07) is 0.436. The zero-order chi connectivity index (χ0) is 7.78. The summed E-state index contributed by atoms with van der Waals surface area (Å²) in [4.78, 5) is 2.44. The molecule has 0 aliphatic carbocycles. The third-order valence-corrected chi connectivity index (χ3v) is 2.63. The Morgan fingerprint density at radius 3 is 2.30 bits per heavy atom. The molecule has 0 aromatic rings. The minimum absolute atomic E-state index is 0.371. The van der Waals surface area contributed by atoms with Crippen LogP contribution in [0.1, 0.15) is 27.2 Å². The van der Waals surface area contributed by atoms with E-state index in [2.05, 4.69) is 25.7 Å². The maximum absolute atomic E-state index is 5.68. The predicted molar refractivity (Wildman–Crippen MR) is 43.9 cm³/mol. The molecule has 2 nitrogen and oxygen atoms in total. The van der Waals surface area contributed by atoms with E-state index in [1.807, 2.05) is 0 Å². The van der Waals surface area contributed by atoms with Gasteiger partial charge in [0.2, 0.25) is 0 Å². The molecule has 2 heteroatoms. The molecule has 0 saturated carbocycles. The second-order valence-corrected chi connectivity index (χ2v) is 3.83. The van der Waals surface area contributed by atoms with Gasteiger partial charge in [-0.05, 0) is 20.3 Å². The van der Waals surface area contributed by atoms with Crippen LogP contribution in [-0.4, -0.2) is 29.6 Å². The van der Waals surface area contributed by atoms with E-state index in [1.54, 1.807) is 0 Å². The Labute approximate surface area is 63.4 Å². The lowest BCUT2D eigenvalue weighted by Gasteiger charge is -2.47. The SMILES string of the molecule is CCC(C)(C)N1CC(N)C1. The lowest BCUT2D eigenvalue weighted by atomic mass is 9.93. The van der Waals surface area contributed by atoms with Crippen molar-refractivity contribution in [3.63, 3.8) is 0 Å². The normalized spacial score (nSPS) is 22.8. The smallest absolute Gasteiger partial charge is 0.0297 e. The Balaban J connectivity index is 2.36. The molecule has 60 valence electrons. The highest BCUT2D eigenvalue weighted by Crippen LogP contribution is 2.23. The van der Waals surface area contributed by atoms with Crippen molar-refractivity contribution in [2.45, 2.75) is 38.8 Å². The first-order valence-electron chi connectivity index (χ1n) is 4.07. The fraction of sp³-hybridized carbons (Fsp3) is 1.00. The zero-order valence-electron chi connectivity index (χ0n) is 7.22. The molecule has 0 amide bonds. The highest BCUT2D eigenvalue weighted by molar-refractivity contribution is 4.92. The van der Waals surface area contributed by atoms with Crippen LogP contribution < -0.4 is 5.73 Å². The van der Waals surface area contributed by atoms with Crippen molar-refractivity contribution >= 4 is 0 Å². The first-order valence-corrected chi connectivity index (χ1v) is 4.07. The molecule has 10 heavy (non-hydrogen) atoms. The van der Waals surface area contributed by atoms with Gasteiger partial charge in [-0.25, -0.2) is 0 Å². The van der Waals surface area contributed by atoms with Gasteiger partial charge in [-0.1, -0.05) is 6.92 Å². The highest BCUT2D eigenvalue weighted by atomic mass is 15.3. The molecule has 0 radical (unpaired) electrons. The molecule has 1 aliphatic heterocycles. The molecule has 0 aromatic heterocycles. The largest absolute Gasteiger partial charge is 0.325 e. The molecular weight excluding hydrogens is 124 g/mol. The second kappa shape index (κ2) is 2.51. The maximum Gasteiger partial charge on any atom is 0.0297 e. The molecule has 2 N–H and O–H groups in total. The van der Waals surface area contributed by atoms with E-state index < -0.39 is 0 Å². The van der Waals surface area contributed by atoms with Gasteiger partial charge in [-0.2, -0.15) is 0 Å². The van der Waals surface area contributed by atoms with E-state index in [0.29, 0.717) is 11.6 Å². The van der Waals surface area contributed by atoms with E-state index >= 15 is 0 Å². The van der Waals surface area contributed by atoms with Crippen molar-refractivity contribution < 1.29 is 0 Å². The van der Waals surface area contributed by atoms with Gasteiger partial charge in [0.05, 0.1) is 0 Å². The Bertz CT molecular complexity index is 114. The summed E-state index contributed by atoms with van der Waals surface area (Å²) in [5.74, 6) is 0. The number of rotatable bonds is 2. The summed E-state index contributed by atoms with van der Waals surface area (Å²) in [7, 11) is 0. The molecule has 0 spiro atoms. The average Bonchev–Trinajstić information content (AvgIpc) is 1.81. The van der Waals surface area contributed by atoms with E-state index in [0.717, 1.165) is 13.1 Å². The van der Waals surface area contributed by atoms with Crippen LogP contribution in [0.25, 0.3) is 0 Å². The average molecular weight is 142 g/mol. The topological polar surface area (TPSA) is 29.3 Å². The van der Waals surface area contributed by atoms with Gasteiger partial charge in [-0.3, -0.25) is 4.90 Å². The Morgan fingerprint density at radius 2 is 2.00 bits per heavy atom. The van der Waals surface area contributed by atoms with Crippen LogP contribution >= 0.6 is 0 Å². The molecule has 0 aromatic carbocycles. The van der Waals surface area contributed by atoms with Crippen LogP contribution in [0.4, 0.5) is 0 Å². The quantitative estimate of drug-likeness (QED) is 0.618. The van der Waals surface area contributed by atoms with Gasteiger partial charge >= 0.3 is 0 Å². The minimum atomic E-state index is 0.371. The molecule has 1 aliphatic rings. The van der Waals surface area contributed by atoms with Gasteiger partial charge in [0.15, 0.2) is 0 Å². The molecule has 0 atom stereocenters. The van der Waals surface area contributed by atoms with E-state index in [1.165, 1.54) is 6.42 Å². The summed E-state index contributed by atoms with van der Waals surface area (Å²) in [5, 5.41) is 0. The van der Waals surface area contributed by atoms with Gasteiger partial charge < -0.3 is 5.73 Å². The van der Waals surface area contributed by atoms with Gasteiger partial charge in [0.1, 0.15) is 0 Å². The zero-order valence-corrected chi connectivity index (χ0v) is 7.22. The summed E-state index contributed by atoms with van der Waals surface area (Å²) in [6.45, 7) is 8.95. The lowest BCUT2D eigenvalue weighted by molar-refractivity contribution is 0.0349. The van der Waals surface area contributed by atoms with Crippen LogP contribution in [0.5, 0.6) is 0 Å². The molecule has 0 unspecified atom stereocenters. The monoisotopic (exact) mass is 142 g/mol. The minimum Gasteiger partial charge on any atom is -0.325 e. The summed E-state index contributed by atoms with van der Waals surface area (Å²) >= 11 is 0. The van der Waals surface area contributed by atoms with Crippen LogP contribution in [0.15, 0.2) is 0 Å². The molecule has 1 fully saturated rings. The number of nitrogens with two attached hydrogens (primary N) is 1. The summed E-state index contributed by atoms with van der Waals surface area (Å²) < 4.78 is 0. The maximum atomic E-state index is 5.68. The van der Waals surface area contributed by atoms with Crippen molar-refractivity contribution in [2.24, 2.45) is 5.73 Å². The Hall–Kier alpha value is -0.0800. The van der Waals surface area contributed by atoms with Gasteiger partial charge in [-0.15, -0.1) is 0 Å². The number of likely N-dealkylation sites (tertiary alicyclic amines) is 1. The van der Waals surface area contributed by atoms with Crippen molar-refractivity contribution in [1.29, 1.82) is 0 Å². The van der Waals surface area contributed by atoms with Crippen LogP contribution in [0, 0.1) is 0 Å². The molecule has 1 heterocycles. The molecular formula is C8H18N2. The highest BCUT2D eigenvalue weighted by Gasteiger charge is 2.33. The summed E-state index contributed by atoms with van der Waals surface area (Å²) in [5.41, 5.74) is 6.05.